The number of allylic oxidation sites excluding steroid dienone is 4. The van der Waals surface area contributed by atoms with Crippen molar-refractivity contribution in [2.75, 3.05) is 0 Å². The fourth-order valence-electron chi connectivity index (χ4n) is 6.59. The first-order valence-electron chi connectivity index (χ1n) is 17.6. The van der Waals surface area contributed by atoms with Crippen LogP contribution >= 0.6 is 23.2 Å². The third-order valence-corrected chi connectivity index (χ3v) is 9.63. The second-order valence-electron chi connectivity index (χ2n) is 14.9. The predicted molar refractivity (Wildman–Crippen MR) is 225 cm³/mol. The van der Waals surface area contributed by atoms with E-state index in [0.29, 0.717) is 0 Å². The number of aryl methyl sites for hydroxylation is 2. The van der Waals surface area contributed by atoms with Crippen molar-refractivity contribution in [3.05, 3.63) is 177 Å². The van der Waals surface area contributed by atoms with Crippen LogP contribution < -0.4 is 0 Å². The van der Waals surface area contributed by atoms with Crippen LogP contribution in [0, 0.1) is 38.1 Å². The third kappa shape index (κ3) is 10.6. The van der Waals surface area contributed by atoms with Gasteiger partial charge in [0.25, 0.3) is 0 Å². The second kappa shape index (κ2) is 18.6. The van der Waals surface area contributed by atoms with Crippen molar-refractivity contribution in [2.24, 2.45) is 0 Å². The van der Waals surface area contributed by atoms with Gasteiger partial charge in [-0.25, -0.2) is 12.2 Å². The molecule has 0 bridgehead atoms. The number of hydrogen-bond donors (Lipinski definition) is 0. The van der Waals surface area contributed by atoms with Gasteiger partial charge in [0.1, 0.15) is 0 Å². The Hall–Kier alpha value is -3.35. The van der Waals surface area contributed by atoms with Crippen LogP contribution in [-0.4, -0.2) is 4.21 Å². The minimum atomic E-state index is 0.163. The summed E-state index contributed by atoms with van der Waals surface area (Å²) >= 11 is 13.2. The third-order valence-electron chi connectivity index (χ3n) is 8.97. The molecule has 6 aromatic carbocycles. The van der Waals surface area contributed by atoms with E-state index in [-0.39, 0.29) is 10.8 Å². The molecular weight excluding hydrogens is 751 g/mol. The summed E-state index contributed by atoms with van der Waals surface area (Å²) in [5, 5.41) is 5.85. The van der Waals surface area contributed by atoms with Gasteiger partial charge in [0.2, 0.25) is 0 Å². The van der Waals surface area contributed by atoms with Crippen LogP contribution in [0.2, 0.25) is 10.0 Å². The molecule has 52 heavy (non-hydrogen) atoms. The fraction of sp³-hybridized carbons (Fsp3) is 0.245. The molecular formula is C49H48Cl2Zr-4. The summed E-state index contributed by atoms with van der Waals surface area (Å²) in [5.41, 5.74) is 11.6. The summed E-state index contributed by atoms with van der Waals surface area (Å²) in [4.78, 5) is 0. The molecule has 0 fully saturated rings. The Bertz CT molecular complexity index is 2030. The number of rotatable bonds is 0. The van der Waals surface area contributed by atoms with Crippen LogP contribution in [0.5, 0.6) is 0 Å². The number of benzene rings is 6. The van der Waals surface area contributed by atoms with E-state index in [2.05, 4.69) is 108 Å². The number of hydrogen-bond acceptors (Lipinski definition) is 0. The van der Waals surface area contributed by atoms with E-state index in [4.69, 9.17) is 23.2 Å². The molecule has 3 heteroatoms. The molecule has 0 radical (unpaired) electrons. The number of halogens is 2. The van der Waals surface area contributed by atoms with Crippen LogP contribution in [0.4, 0.5) is 0 Å². The van der Waals surface area contributed by atoms with Gasteiger partial charge in [-0.1, -0.05) is 118 Å². The van der Waals surface area contributed by atoms with E-state index >= 15 is 0 Å². The number of fused-ring (bicyclic) bond motifs is 5. The Labute approximate surface area is 337 Å². The van der Waals surface area contributed by atoms with Crippen molar-refractivity contribution in [2.45, 2.75) is 79.1 Å². The van der Waals surface area contributed by atoms with Crippen molar-refractivity contribution in [1.82, 2.24) is 0 Å². The molecule has 2 aliphatic rings. The maximum absolute atomic E-state index is 5.94. The Balaban J connectivity index is 0.000000173. The van der Waals surface area contributed by atoms with Crippen LogP contribution in [0.3, 0.4) is 0 Å². The molecule has 0 unspecified atom stereocenters. The molecule has 0 atom stereocenters. The SMILES string of the molecule is Cc1[c-]c2c(cc1C(C)(C)C)-c1cc(C(C)(C)C)c(C)cc1C2.Clc1cccc2[c-]cccc12.Clc1cccc2[c-]cccc12.[C-]1=CC=CC1.[CH2]=[Zr]. The fourth-order valence-corrected chi connectivity index (χ4v) is 7.07. The molecule has 8 rings (SSSR count). The summed E-state index contributed by atoms with van der Waals surface area (Å²) in [7, 11) is 0. The van der Waals surface area contributed by atoms with Gasteiger partial charge in [-0.3, -0.25) is 6.08 Å². The van der Waals surface area contributed by atoms with Gasteiger partial charge in [0.15, 0.2) is 0 Å². The van der Waals surface area contributed by atoms with E-state index in [1.807, 2.05) is 84.9 Å². The molecule has 0 saturated carbocycles. The molecule has 2 aliphatic carbocycles. The molecule has 0 spiro atoms. The van der Waals surface area contributed by atoms with E-state index in [1.165, 1.54) is 68.7 Å². The topological polar surface area (TPSA) is 0 Å². The first-order chi connectivity index (χ1) is 24.7. The van der Waals surface area contributed by atoms with Crippen molar-refractivity contribution in [3.63, 3.8) is 0 Å². The zero-order chi connectivity index (χ0) is 38.1. The Morgan fingerprint density at radius 2 is 1.21 bits per heavy atom. The molecule has 0 aromatic heterocycles. The first kappa shape index (κ1) is 41.4. The summed E-state index contributed by atoms with van der Waals surface area (Å²) < 4.78 is 3.34. The average Bonchev–Trinajstić information content (AvgIpc) is 3.81. The second-order valence-corrected chi connectivity index (χ2v) is 15.8. The molecule has 0 saturated heterocycles. The van der Waals surface area contributed by atoms with Gasteiger partial charge in [0.05, 0.1) is 0 Å². The predicted octanol–water partition coefficient (Wildman–Crippen LogP) is 14.1. The van der Waals surface area contributed by atoms with Gasteiger partial charge >= 0.3 is 28.4 Å². The zero-order valence-corrected chi connectivity index (χ0v) is 35.7. The summed E-state index contributed by atoms with van der Waals surface area (Å²) in [5.74, 6) is 0. The molecule has 6 aromatic rings. The molecule has 0 amide bonds. The van der Waals surface area contributed by atoms with E-state index in [0.717, 1.165) is 44.4 Å². The van der Waals surface area contributed by atoms with Gasteiger partial charge < -0.3 is 0 Å². The van der Waals surface area contributed by atoms with Crippen LogP contribution in [0.15, 0.2) is 109 Å². The Morgan fingerprint density at radius 3 is 1.65 bits per heavy atom. The zero-order valence-electron chi connectivity index (χ0n) is 31.8. The summed E-state index contributed by atoms with van der Waals surface area (Å²) in [6.45, 7) is 18.2. The van der Waals surface area contributed by atoms with Gasteiger partial charge in [0, 0.05) is 10.0 Å². The van der Waals surface area contributed by atoms with Gasteiger partial charge in [-0.2, -0.15) is 23.8 Å². The van der Waals surface area contributed by atoms with Gasteiger partial charge in [-0.15, -0.1) is 107 Å². The van der Waals surface area contributed by atoms with E-state index < -0.39 is 0 Å². The quantitative estimate of drug-likeness (QED) is 0.134. The van der Waals surface area contributed by atoms with E-state index in [1.54, 1.807) is 0 Å². The molecule has 0 heterocycles. The first-order valence-corrected chi connectivity index (χ1v) is 20.1. The minimum absolute atomic E-state index is 0.163. The van der Waals surface area contributed by atoms with Gasteiger partial charge in [-0.05, 0) is 35.4 Å². The van der Waals surface area contributed by atoms with Crippen LogP contribution in [0.25, 0.3) is 32.7 Å². The van der Waals surface area contributed by atoms with E-state index in [9.17, 15) is 0 Å². The Morgan fingerprint density at radius 1 is 0.673 bits per heavy atom. The van der Waals surface area contributed by atoms with Crippen molar-refractivity contribution < 1.29 is 24.2 Å². The molecule has 266 valence electrons. The summed E-state index contributed by atoms with van der Waals surface area (Å²) in [6.07, 6.45) is 11.0. The van der Waals surface area contributed by atoms with Crippen LogP contribution in [-0.2, 0) is 41.5 Å². The maximum atomic E-state index is 5.94. The molecule has 0 N–H and O–H groups in total. The normalized spacial score (nSPS) is 12.2. The van der Waals surface area contributed by atoms with Crippen LogP contribution in [0.1, 0.15) is 81.3 Å². The summed E-state index contributed by atoms with van der Waals surface area (Å²) in [6, 6.07) is 40.4. The Kier molecular flexibility index (Phi) is 14.8. The molecule has 0 aliphatic heterocycles. The van der Waals surface area contributed by atoms with Crippen molar-refractivity contribution in [1.29, 1.82) is 0 Å². The van der Waals surface area contributed by atoms with Crippen molar-refractivity contribution >= 4 is 49.0 Å². The molecule has 0 nitrogen and oxygen atoms in total. The standard InChI is InChI=1S/C23H29.2C10H6Cl.C5H5.CH2.Zr/c1-14-9-16-11-17-10-15(2)21(23(6,7)8)13-19(17)18(16)12-20(14)22(3,4)5;2*11-10-7-3-5-8-4-1-2-6-9(8)10;1-2-4-5-3-1;;/h9,12-13H,11H2,1-8H3;2*1-3,5-7H;1-3H,4H2;1H2;/q4*-1;;. The van der Waals surface area contributed by atoms with Crippen molar-refractivity contribution in [3.8, 4) is 11.1 Å². The average molecular weight is 799 g/mol. The monoisotopic (exact) mass is 796 g/mol.